The highest BCUT2D eigenvalue weighted by molar-refractivity contribution is 5.76. The maximum atomic E-state index is 13.0. The molecule has 1 unspecified atom stereocenters. The summed E-state index contributed by atoms with van der Waals surface area (Å²) in [6, 6.07) is 0.656. The molecule has 0 saturated heterocycles. The zero-order chi connectivity index (χ0) is 11.6. The molecule has 0 aliphatic rings. The van der Waals surface area contributed by atoms with Gasteiger partial charge in [0.25, 0.3) is 0 Å². The van der Waals surface area contributed by atoms with E-state index < -0.39 is 35.1 Å². The lowest BCUT2D eigenvalue weighted by atomic mass is 10.1. The van der Waals surface area contributed by atoms with Crippen molar-refractivity contribution in [2.75, 3.05) is 7.11 Å². The number of hydrogen-bond acceptors (Lipinski definition) is 3. The number of aliphatic hydroxyl groups is 1. The van der Waals surface area contributed by atoms with Gasteiger partial charge in [-0.1, -0.05) is 0 Å². The van der Waals surface area contributed by atoms with Crippen LogP contribution in [0.15, 0.2) is 12.1 Å². The molecule has 0 radical (unpaired) electrons. The van der Waals surface area contributed by atoms with E-state index in [1.165, 1.54) is 0 Å². The molecule has 0 saturated carbocycles. The van der Waals surface area contributed by atoms with E-state index >= 15 is 0 Å². The molecule has 0 amide bonds. The SMILES string of the molecule is COC(=O)C(O)c1cc(F)c(F)cc1F. The zero-order valence-electron chi connectivity index (χ0n) is 7.63. The Bertz CT molecular complexity index is 392. The average molecular weight is 220 g/mol. The van der Waals surface area contributed by atoms with Crippen LogP contribution in [0.3, 0.4) is 0 Å². The Kier molecular flexibility index (Phi) is 3.31. The number of methoxy groups -OCH3 is 1. The number of esters is 1. The molecule has 82 valence electrons. The highest BCUT2D eigenvalue weighted by Crippen LogP contribution is 2.21. The van der Waals surface area contributed by atoms with Crippen LogP contribution in [-0.2, 0) is 9.53 Å². The van der Waals surface area contributed by atoms with Gasteiger partial charge in [-0.3, -0.25) is 0 Å². The Morgan fingerprint density at radius 1 is 1.27 bits per heavy atom. The number of rotatable bonds is 2. The summed E-state index contributed by atoms with van der Waals surface area (Å²) >= 11 is 0. The van der Waals surface area contributed by atoms with E-state index in [4.69, 9.17) is 0 Å². The van der Waals surface area contributed by atoms with E-state index in [1.807, 2.05) is 0 Å². The van der Waals surface area contributed by atoms with Crippen molar-refractivity contribution in [2.45, 2.75) is 6.10 Å². The summed E-state index contributed by atoms with van der Waals surface area (Å²) in [4.78, 5) is 10.8. The first kappa shape index (κ1) is 11.5. The van der Waals surface area contributed by atoms with Crippen LogP contribution >= 0.6 is 0 Å². The Morgan fingerprint density at radius 3 is 2.33 bits per heavy atom. The van der Waals surface area contributed by atoms with Crippen LogP contribution in [0.4, 0.5) is 13.2 Å². The summed E-state index contributed by atoms with van der Waals surface area (Å²) in [6.45, 7) is 0. The lowest BCUT2D eigenvalue weighted by Gasteiger charge is -2.09. The van der Waals surface area contributed by atoms with Crippen molar-refractivity contribution in [3.05, 3.63) is 35.1 Å². The Morgan fingerprint density at radius 2 is 1.80 bits per heavy atom. The molecule has 0 fully saturated rings. The number of carbonyl (C=O) groups is 1. The van der Waals surface area contributed by atoms with Gasteiger partial charge in [-0.25, -0.2) is 18.0 Å². The van der Waals surface area contributed by atoms with Crippen molar-refractivity contribution in [3.63, 3.8) is 0 Å². The number of aliphatic hydroxyl groups excluding tert-OH is 1. The van der Waals surface area contributed by atoms with E-state index in [0.29, 0.717) is 6.07 Å². The van der Waals surface area contributed by atoms with E-state index in [9.17, 15) is 23.1 Å². The third-order valence-corrected chi connectivity index (χ3v) is 1.76. The molecule has 6 heteroatoms. The molecule has 3 nitrogen and oxygen atoms in total. The van der Waals surface area contributed by atoms with Crippen LogP contribution in [-0.4, -0.2) is 18.2 Å². The van der Waals surface area contributed by atoms with Gasteiger partial charge in [0.15, 0.2) is 17.7 Å². The fourth-order valence-corrected chi connectivity index (χ4v) is 0.986. The van der Waals surface area contributed by atoms with Crippen LogP contribution < -0.4 is 0 Å². The third-order valence-electron chi connectivity index (χ3n) is 1.76. The predicted molar refractivity (Wildman–Crippen MR) is 43.3 cm³/mol. The molecule has 1 aromatic carbocycles. The van der Waals surface area contributed by atoms with Gasteiger partial charge in [-0.15, -0.1) is 0 Å². The largest absolute Gasteiger partial charge is 0.467 e. The van der Waals surface area contributed by atoms with E-state index in [2.05, 4.69) is 4.74 Å². The summed E-state index contributed by atoms with van der Waals surface area (Å²) in [6.07, 6.45) is -1.97. The zero-order valence-corrected chi connectivity index (χ0v) is 7.63. The molecule has 1 rings (SSSR count). The summed E-state index contributed by atoms with van der Waals surface area (Å²) in [7, 11) is 0.976. The fourth-order valence-electron chi connectivity index (χ4n) is 0.986. The second kappa shape index (κ2) is 4.31. The van der Waals surface area contributed by atoms with Crippen LogP contribution in [0.2, 0.25) is 0 Å². The van der Waals surface area contributed by atoms with Crippen LogP contribution in [0, 0.1) is 17.5 Å². The van der Waals surface area contributed by atoms with Gasteiger partial charge in [0.1, 0.15) is 5.82 Å². The van der Waals surface area contributed by atoms with Gasteiger partial charge in [0.05, 0.1) is 7.11 Å². The van der Waals surface area contributed by atoms with Gasteiger partial charge < -0.3 is 9.84 Å². The minimum atomic E-state index is -1.97. The molecule has 0 spiro atoms. The van der Waals surface area contributed by atoms with Crippen molar-refractivity contribution in [3.8, 4) is 0 Å². The summed E-state index contributed by atoms with van der Waals surface area (Å²) in [5, 5.41) is 9.18. The second-order valence-corrected chi connectivity index (χ2v) is 2.71. The van der Waals surface area contributed by atoms with Gasteiger partial charge in [0, 0.05) is 11.6 Å². The number of carbonyl (C=O) groups excluding carboxylic acids is 1. The van der Waals surface area contributed by atoms with Crippen molar-refractivity contribution < 1.29 is 27.8 Å². The Hall–Kier alpha value is -1.56. The summed E-state index contributed by atoms with van der Waals surface area (Å²) < 4.78 is 42.3. The predicted octanol–water partition coefficient (Wildman–Crippen LogP) is 1.31. The molecule has 1 N–H and O–H groups in total. The Labute approximate surface area is 83.1 Å². The molecule has 0 aliphatic carbocycles. The molecular formula is C9H7F3O3. The van der Waals surface area contributed by atoms with Crippen LogP contribution in [0.5, 0.6) is 0 Å². The van der Waals surface area contributed by atoms with Crippen molar-refractivity contribution in [2.24, 2.45) is 0 Å². The molecule has 15 heavy (non-hydrogen) atoms. The number of ether oxygens (including phenoxy) is 1. The van der Waals surface area contributed by atoms with E-state index in [0.717, 1.165) is 7.11 Å². The minimum absolute atomic E-state index is 0.247. The molecule has 0 bridgehead atoms. The second-order valence-electron chi connectivity index (χ2n) is 2.71. The highest BCUT2D eigenvalue weighted by atomic mass is 19.2. The highest BCUT2D eigenvalue weighted by Gasteiger charge is 2.23. The monoisotopic (exact) mass is 220 g/mol. The van der Waals surface area contributed by atoms with Crippen LogP contribution in [0.1, 0.15) is 11.7 Å². The molecular weight excluding hydrogens is 213 g/mol. The first-order valence-electron chi connectivity index (χ1n) is 3.87. The third kappa shape index (κ3) is 2.27. The normalized spacial score (nSPS) is 12.3. The first-order chi connectivity index (χ1) is 6.97. The smallest absolute Gasteiger partial charge is 0.339 e. The van der Waals surface area contributed by atoms with Crippen molar-refractivity contribution >= 4 is 5.97 Å². The quantitative estimate of drug-likeness (QED) is 0.603. The van der Waals surface area contributed by atoms with Gasteiger partial charge >= 0.3 is 5.97 Å². The van der Waals surface area contributed by atoms with Gasteiger partial charge in [-0.05, 0) is 6.07 Å². The maximum Gasteiger partial charge on any atom is 0.339 e. The van der Waals surface area contributed by atoms with Crippen LogP contribution in [0.25, 0.3) is 0 Å². The maximum absolute atomic E-state index is 13.0. The van der Waals surface area contributed by atoms with Gasteiger partial charge in [-0.2, -0.15) is 0 Å². The van der Waals surface area contributed by atoms with E-state index in [-0.39, 0.29) is 6.07 Å². The molecule has 1 atom stereocenters. The Balaban J connectivity index is 3.14. The topological polar surface area (TPSA) is 46.5 Å². The minimum Gasteiger partial charge on any atom is -0.467 e. The molecule has 0 heterocycles. The number of halogens is 3. The van der Waals surface area contributed by atoms with Crippen molar-refractivity contribution in [1.29, 1.82) is 0 Å². The molecule has 0 aliphatic heterocycles. The average Bonchev–Trinajstić information content (AvgIpc) is 2.21. The standard InChI is InChI=1S/C9H7F3O3/c1-15-9(14)8(13)4-2-6(11)7(12)3-5(4)10/h2-3,8,13H,1H3. The van der Waals surface area contributed by atoms with Gasteiger partial charge in [0.2, 0.25) is 0 Å². The van der Waals surface area contributed by atoms with E-state index in [1.54, 1.807) is 0 Å². The number of hydrogen-bond donors (Lipinski definition) is 1. The lowest BCUT2D eigenvalue weighted by Crippen LogP contribution is -2.15. The molecule has 1 aromatic rings. The molecule has 0 aromatic heterocycles. The first-order valence-corrected chi connectivity index (χ1v) is 3.87. The number of benzene rings is 1. The summed E-state index contributed by atoms with van der Waals surface area (Å²) in [5.74, 6) is -5.12. The summed E-state index contributed by atoms with van der Waals surface area (Å²) in [5.41, 5.74) is -0.666. The lowest BCUT2D eigenvalue weighted by molar-refractivity contribution is -0.150. The van der Waals surface area contributed by atoms with Crippen molar-refractivity contribution in [1.82, 2.24) is 0 Å². The fraction of sp³-hybridized carbons (Fsp3) is 0.222.